The SMILES string of the molecule is C[C@H](OC(=O)c1ccccc1-c1ncc(-c2ccccc2)o1)C(=O)N(C)C. The number of hydrogen-bond acceptors (Lipinski definition) is 5. The third-order valence-electron chi connectivity index (χ3n) is 4.01. The first-order chi connectivity index (χ1) is 13.0. The van der Waals surface area contributed by atoms with Crippen molar-refractivity contribution in [1.82, 2.24) is 9.88 Å². The van der Waals surface area contributed by atoms with E-state index in [0.717, 1.165) is 5.56 Å². The summed E-state index contributed by atoms with van der Waals surface area (Å²) in [7, 11) is 3.22. The number of carbonyl (C=O) groups excluding carboxylic acids is 2. The molecule has 6 nitrogen and oxygen atoms in total. The predicted octanol–water partition coefficient (Wildman–Crippen LogP) is 3.64. The number of amides is 1. The van der Waals surface area contributed by atoms with Gasteiger partial charge < -0.3 is 14.1 Å². The zero-order chi connectivity index (χ0) is 19.4. The second-order valence-corrected chi connectivity index (χ2v) is 6.22. The fraction of sp³-hybridized carbons (Fsp3) is 0.190. The highest BCUT2D eigenvalue weighted by Gasteiger charge is 2.23. The summed E-state index contributed by atoms with van der Waals surface area (Å²) in [6, 6.07) is 16.4. The fourth-order valence-corrected chi connectivity index (χ4v) is 2.62. The Balaban J connectivity index is 1.88. The highest BCUT2D eigenvalue weighted by atomic mass is 16.5. The Kier molecular flexibility index (Phi) is 5.35. The van der Waals surface area contributed by atoms with Crippen molar-refractivity contribution in [3.05, 3.63) is 66.4 Å². The Morgan fingerprint density at radius 1 is 1.04 bits per heavy atom. The van der Waals surface area contributed by atoms with Crippen LogP contribution in [0, 0.1) is 0 Å². The van der Waals surface area contributed by atoms with Crippen LogP contribution in [0.15, 0.2) is 65.2 Å². The van der Waals surface area contributed by atoms with Gasteiger partial charge in [0, 0.05) is 19.7 Å². The lowest BCUT2D eigenvalue weighted by atomic mass is 10.1. The highest BCUT2D eigenvalue weighted by molar-refractivity contribution is 5.97. The van der Waals surface area contributed by atoms with Crippen molar-refractivity contribution in [1.29, 1.82) is 0 Å². The zero-order valence-corrected chi connectivity index (χ0v) is 15.4. The fourth-order valence-electron chi connectivity index (χ4n) is 2.62. The number of oxazole rings is 1. The summed E-state index contributed by atoms with van der Waals surface area (Å²) in [4.78, 5) is 30.2. The molecule has 0 unspecified atom stereocenters. The van der Waals surface area contributed by atoms with E-state index in [-0.39, 0.29) is 11.5 Å². The quantitative estimate of drug-likeness (QED) is 0.646. The maximum Gasteiger partial charge on any atom is 0.339 e. The molecule has 0 aliphatic heterocycles. The molecule has 0 fully saturated rings. The van der Waals surface area contributed by atoms with Gasteiger partial charge in [-0.25, -0.2) is 9.78 Å². The first-order valence-corrected chi connectivity index (χ1v) is 8.50. The Morgan fingerprint density at radius 3 is 2.41 bits per heavy atom. The van der Waals surface area contributed by atoms with Crippen molar-refractivity contribution in [2.75, 3.05) is 14.1 Å². The summed E-state index contributed by atoms with van der Waals surface area (Å²) < 4.78 is 11.2. The van der Waals surface area contributed by atoms with Crippen LogP contribution in [0.25, 0.3) is 22.8 Å². The van der Waals surface area contributed by atoms with E-state index < -0.39 is 12.1 Å². The molecule has 0 aliphatic rings. The molecule has 0 spiro atoms. The summed E-state index contributed by atoms with van der Waals surface area (Å²) >= 11 is 0. The number of likely N-dealkylation sites (N-methyl/N-ethyl adjacent to an activating group) is 1. The van der Waals surface area contributed by atoms with E-state index >= 15 is 0 Å². The Labute approximate surface area is 157 Å². The van der Waals surface area contributed by atoms with Gasteiger partial charge in [0.25, 0.3) is 5.91 Å². The molecule has 0 bridgehead atoms. The highest BCUT2D eigenvalue weighted by Crippen LogP contribution is 2.28. The zero-order valence-electron chi connectivity index (χ0n) is 15.4. The lowest BCUT2D eigenvalue weighted by Gasteiger charge is -2.17. The third-order valence-corrected chi connectivity index (χ3v) is 4.01. The lowest BCUT2D eigenvalue weighted by molar-refractivity contribution is -0.137. The first kappa shape index (κ1) is 18.4. The molecule has 1 atom stereocenters. The lowest BCUT2D eigenvalue weighted by Crippen LogP contribution is -2.35. The summed E-state index contributed by atoms with van der Waals surface area (Å²) in [5.41, 5.74) is 1.69. The van der Waals surface area contributed by atoms with Crippen LogP contribution in [0.5, 0.6) is 0 Å². The van der Waals surface area contributed by atoms with Gasteiger partial charge in [-0.1, -0.05) is 42.5 Å². The molecule has 1 heterocycles. The maximum atomic E-state index is 12.6. The van der Waals surface area contributed by atoms with Crippen LogP contribution in [0.1, 0.15) is 17.3 Å². The minimum atomic E-state index is -0.884. The van der Waals surface area contributed by atoms with Gasteiger partial charge in [0.05, 0.1) is 17.3 Å². The Hall–Kier alpha value is -3.41. The van der Waals surface area contributed by atoms with Gasteiger partial charge in [0.15, 0.2) is 11.9 Å². The molecule has 1 amide bonds. The maximum absolute atomic E-state index is 12.6. The van der Waals surface area contributed by atoms with Crippen LogP contribution < -0.4 is 0 Å². The van der Waals surface area contributed by atoms with Gasteiger partial charge in [-0.3, -0.25) is 4.79 Å². The van der Waals surface area contributed by atoms with Gasteiger partial charge in [-0.05, 0) is 19.1 Å². The second kappa shape index (κ2) is 7.86. The molecule has 0 saturated carbocycles. The van der Waals surface area contributed by atoms with Gasteiger partial charge in [-0.15, -0.1) is 0 Å². The molecular formula is C21H20N2O4. The minimum Gasteiger partial charge on any atom is -0.449 e. The summed E-state index contributed by atoms with van der Waals surface area (Å²) in [5, 5.41) is 0. The topological polar surface area (TPSA) is 72.6 Å². The van der Waals surface area contributed by atoms with Crippen LogP contribution in [-0.4, -0.2) is 42.0 Å². The summed E-state index contributed by atoms with van der Waals surface area (Å²) in [6.45, 7) is 1.54. The van der Waals surface area contributed by atoms with Crippen LogP contribution >= 0.6 is 0 Å². The number of carbonyl (C=O) groups is 2. The van der Waals surface area contributed by atoms with Crippen molar-refractivity contribution in [3.63, 3.8) is 0 Å². The number of nitrogens with zero attached hydrogens (tertiary/aromatic N) is 2. The number of hydrogen-bond donors (Lipinski definition) is 0. The number of rotatable bonds is 5. The molecule has 3 rings (SSSR count). The van der Waals surface area contributed by atoms with Gasteiger partial charge in [0.2, 0.25) is 5.89 Å². The van der Waals surface area contributed by atoms with Crippen molar-refractivity contribution in [2.45, 2.75) is 13.0 Å². The van der Waals surface area contributed by atoms with Crippen molar-refractivity contribution in [3.8, 4) is 22.8 Å². The largest absolute Gasteiger partial charge is 0.449 e. The van der Waals surface area contributed by atoms with Crippen molar-refractivity contribution >= 4 is 11.9 Å². The smallest absolute Gasteiger partial charge is 0.339 e. The van der Waals surface area contributed by atoms with Crippen molar-refractivity contribution in [2.24, 2.45) is 0 Å². The van der Waals surface area contributed by atoms with Crippen LogP contribution in [0.2, 0.25) is 0 Å². The molecule has 1 aromatic heterocycles. The molecule has 138 valence electrons. The van der Waals surface area contributed by atoms with E-state index in [2.05, 4.69) is 4.98 Å². The van der Waals surface area contributed by atoms with E-state index in [0.29, 0.717) is 17.2 Å². The minimum absolute atomic E-state index is 0.289. The molecule has 6 heteroatoms. The molecule has 0 aliphatic carbocycles. The van der Waals surface area contributed by atoms with Crippen molar-refractivity contribution < 1.29 is 18.7 Å². The molecular weight excluding hydrogens is 344 g/mol. The average molecular weight is 364 g/mol. The number of aromatic nitrogens is 1. The van der Waals surface area contributed by atoms with E-state index in [1.54, 1.807) is 51.5 Å². The molecule has 3 aromatic rings. The Bertz CT molecular complexity index is 948. The average Bonchev–Trinajstić information content (AvgIpc) is 3.18. The Morgan fingerprint density at radius 2 is 1.70 bits per heavy atom. The van der Waals surface area contributed by atoms with E-state index in [4.69, 9.17) is 9.15 Å². The van der Waals surface area contributed by atoms with Gasteiger partial charge in [-0.2, -0.15) is 0 Å². The standard InChI is InChI=1S/C21H20N2O4/c1-14(20(24)23(2)3)26-21(25)17-12-8-7-11-16(17)19-22-13-18(27-19)15-9-5-4-6-10-15/h4-14H,1-3H3/t14-/m0/s1. The molecule has 27 heavy (non-hydrogen) atoms. The van der Waals surface area contributed by atoms with Gasteiger partial charge in [0.1, 0.15) is 0 Å². The molecule has 0 N–H and O–H groups in total. The first-order valence-electron chi connectivity index (χ1n) is 8.50. The molecule has 2 aromatic carbocycles. The molecule has 0 radical (unpaired) electrons. The van der Waals surface area contributed by atoms with Gasteiger partial charge >= 0.3 is 5.97 Å². The monoisotopic (exact) mass is 364 g/mol. The predicted molar refractivity (Wildman–Crippen MR) is 101 cm³/mol. The summed E-state index contributed by atoms with van der Waals surface area (Å²) in [5.74, 6) is 0.0222. The van der Waals surface area contributed by atoms with Crippen LogP contribution in [-0.2, 0) is 9.53 Å². The van der Waals surface area contributed by atoms with E-state index in [1.165, 1.54) is 4.90 Å². The normalized spacial score (nSPS) is 11.7. The van der Waals surface area contributed by atoms with Crippen LogP contribution in [0.3, 0.4) is 0 Å². The molecule has 0 saturated heterocycles. The number of benzene rings is 2. The summed E-state index contributed by atoms with van der Waals surface area (Å²) in [6.07, 6.45) is 0.732. The number of ether oxygens (including phenoxy) is 1. The number of esters is 1. The third kappa shape index (κ3) is 4.06. The van der Waals surface area contributed by atoms with Crippen LogP contribution in [0.4, 0.5) is 0 Å². The van der Waals surface area contributed by atoms with E-state index in [1.807, 2.05) is 30.3 Å². The second-order valence-electron chi connectivity index (χ2n) is 6.22. The van der Waals surface area contributed by atoms with E-state index in [9.17, 15) is 9.59 Å².